The van der Waals surface area contributed by atoms with Crippen LogP contribution in [0.2, 0.25) is 19.6 Å². The van der Waals surface area contributed by atoms with E-state index in [1.807, 2.05) is 30.5 Å². The van der Waals surface area contributed by atoms with E-state index in [1.54, 1.807) is 0 Å². The maximum atomic E-state index is 6.35. The van der Waals surface area contributed by atoms with Crippen LogP contribution in [0.3, 0.4) is 0 Å². The first-order valence-electron chi connectivity index (χ1n) is 20.1. The molecule has 0 saturated carbocycles. The fraction of sp³-hybridized carbons (Fsp3) is 0.333. The Morgan fingerprint density at radius 2 is 1.29 bits per heavy atom. The van der Waals surface area contributed by atoms with E-state index in [-0.39, 0.29) is 20.1 Å². The molecular formula is C51H58IrN2OSi-2. The molecule has 3 aromatic heterocycles. The molecule has 0 N–H and O–H groups in total. The van der Waals surface area contributed by atoms with Gasteiger partial charge in [0.05, 0.1) is 13.7 Å². The summed E-state index contributed by atoms with van der Waals surface area (Å²) in [7, 11) is -1.34. The zero-order valence-electron chi connectivity index (χ0n) is 35.3. The molecule has 293 valence electrons. The number of benzene rings is 4. The first-order valence-corrected chi connectivity index (χ1v) is 23.6. The van der Waals surface area contributed by atoms with Crippen molar-refractivity contribution in [1.29, 1.82) is 0 Å². The van der Waals surface area contributed by atoms with Crippen molar-refractivity contribution in [1.82, 2.24) is 9.97 Å². The van der Waals surface area contributed by atoms with Gasteiger partial charge in [-0.25, -0.2) is 0 Å². The minimum atomic E-state index is -1.34. The second kappa shape index (κ2) is 18.0. The molecule has 1 atom stereocenters. The minimum Gasteiger partial charge on any atom is -0.500 e. The second-order valence-corrected chi connectivity index (χ2v) is 22.4. The zero-order chi connectivity index (χ0) is 39.6. The van der Waals surface area contributed by atoms with Crippen LogP contribution in [-0.4, -0.2) is 18.0 Å². The summed E-state index contributed by atoms with van der Waals surface area (Å²) in [6.07, 6.45) is 4.01. The van der Waals surface area contributed by atoms with E-state index in [2.05, 4.69) is 177 Å². The van der Waals surface area contributed by atoms with Crippen LogP contribution in [-0.2, 0) is 20.1 Å². The third kappa shape index (κ3) is 9.34. The van der Waals surface area contributed by atoms with Crippen molar-refractivity contribution in [3.63, 3.8) is 0 Å². The third-order valence-corrected chi connectivity index (χ3v) is 13.0. The molecule has 1 unspecified atom stereocenters. The summed E-state index contributed by atoms with van der Waals surface area (Å²) in [4.78, 5) is 9.33. The Morgan fingerprint density at radius 3 is 1.89 bits per heavy atom. The third-order valence-electron chi connectivity index (χ3n) is 11.0. The van der Waals surface area contributed by atoms with Crippen molar-refractivity contribution in [2.45, 2.75) is 106 Å². The number of fused-ring (bicyclic) bond motifs is 3. The molecule has 1 radical (unpaired) electrons. The molecule has 0 saturated heterocycles. The van der Waals surface area contributed by atoms with Crippen molar-refractivity contribution in [3.8, 4) is 33.6 Å². The van der Waals surface area contributed by atoms with Crippen molar-refractivity contribution in [3.05, 3.63) is 138 Å². The predicted molar refractivity (Wildman–Crippen MR) is 238 cm³/mol. The SMILES string of the molecule is CC(C)c1cc(-c2[c-]cccc2)ncc1[Si](C)(C)C.CC(C)c1cccc(C(C)C)c1-c1ccc2c(c1)oc1c[c-]c(-c3cc(C(C)C(C)C)ccn3)cc12.[Ir]. The number of hydrogen-bond acceptors (Lipinski definition) is 3. The molecule has 0 amide bonds. The number of rotatable bonds is 9. The van der Waals surface area contributed by atoms with Gasteiger partial charge in [-0.15, -0.1) is 59.7 Å². The first kappa shape index (κ1) is 43.0. The van der Waals surface area contributed by atoms with Gasteiger partial charge in [0.15, 0.2) is 0 Å². The largest absolute Gasteiger partial charge is 0.500 e. The molecule has 4 aromatic carbocycles. The number of hydrogen-bond donors (Lipinski definition) is 0. The van der Waals surface area contributed by atoms with E-state index >= 15 is 0 Å². The maximum Gasteiger partial charge on any atom is 0.121 e. The summed E-state index contributed by atoms with van der Waals surface area (Å²) < 4.78 is 6.35. The van der Waals surface area contributed by atoms with Gasteiger partial charge in [-0.05, 0) is 80.6 Å². The van der Waals surface area contributed by atoms with Gasteiger partial charge < -0.3 is 14.4 Å². The smallest absolute Gasteiger partial charge is 0.121 e. The van der Waals surface area contributed by atoms with Crippen LogP contribution >= 0.6 is 0 Å². The van der Waals surface area contributed by atoms with Gasteiger partial charge >= 0.3 is 0 Å². The Labute approximate surface area is 350 Å². The van der Waals surface area contributed by atoms with Gasteiger partial charge in [-0.3, -0.25) is 0 Å². The molecule has 3 nitrogen and oxygen atoms in total. The van der Waals surface area contributed by atoms with Crippen molar-refractivity contribution in [2.24, 2.45) is 5.92 Å². The molecule has 56 heavy (non-hydrogen) atoms. The number of furan rings is 1. The molecule has 0 aliphatic rings. The zero-order valence-corrected chi connectivity index (χ0v) is 38.7. The maximum absolute atomic E-state index is 6.35. The molecular weight excluding hydrogens is 877 g/mol. The van der Waals surface area contributed by atoms with Gasteiger partial charge in [0.2, 0.25) is 0 Å². The van der Waals surface area contributed by atoms with E-state index < -0.39 is 8.07 Å². The van der Waals surface area contributed by atoms with Crippen LogP contribution in [0.15, 0.2) is 108 Å². The minimum absolute atomic E-state index is 0. The molecule has 0 aliphatic heterocycles. The summed E-state index contributed by atoms with van der Waals surface area (Å²) in [6, 6.07) is 38.8. The molecule has 0 fully saturated rings. The predicted octanol–water partition coefficient (Wildman–Crippen LogP) is 14.3. The van der Waals surface area contributed by atoms with Gasteiger partial charge in [0.25, 0.3) is 0 Å². The standard InChI is InChI=1S/C34H36NO.C17H22NSi.Ir/c1-20(2)23(7)24-15-16-35-31(18-24)25-12-14-32-30(17-25)29-13-11-26(19-33(29)36-32)34-27(21(3)4)9-8-10-28(34)22(5)6;1-13(2)15-11-16(14-9-7-6-8-10-14)18-12-17(15)19(3,4)5;/h8-11,13-23H,1-7H3;6-9,11-13H,1-5H3;/q2*-1;. The molecule has 7 rings (SSSR count). The summed E-state index contributed by atoms with van der Waals surface area (Å²) in [5, 5.41) is 3.71. The van der Waals surface area contributed by atoms with E-state index in [9.17, 15) is 0 Å². The summed E-state index contributed by atoms with van der Waals surface area (Å²) in [5.41, 5.74) is 13.9. The molecule has 3 heterocycles. The van der Waals surface area contributed by atoms with Crippen LogP contribution < -0.4 is 5.19 Å². The number of aromatic nitrogens is 2. The van der Waals surface area contributed by atoms with Crippen LogP contribution in [0, 0.1) is 18.1 Å². The molecule has 0 bridgehead atoms. The van der Waals surface area contributed by atoms with E-state index in [1.165, 1.54) is 38.6 Å². The van der Waals surface area contributed by atoms with Gasteiger partial charge in [0.1, 0.15) is 5.58 Å². The fourth-order valence-corrected chi connectivity index (χ4v) is 9.12. The molecule has 7 aromatic rings. The quantitative estimate of drug-likeness (QED) is 0.107. The van der Waals surface area contributed by atoms with Crippen LogP contribution in [0.4, 0.5) is 0 Å². The van der Waals surface area contributed by atoms with Gasteiger partial charge in [-0.2, -0.15) is 0 Å². The molecule has 0 spiro atoms. The molecule has 5 heteroatoms. The average Bonchev–Trinajstić information content (AvgIpc) is 3.54. The second-order valence-electron chi connectivity index (χ2n) is 17.4. The van der Waals surface area contributed by atoms with E-state index in [0.29, 0.717) is 29.6 Å². The van der Waals surface area contributed by atoms with E-state index in [0.717, 1.165) is 44.5 Å². The Hall–Kier alpha value is -4.15. The number of pyridine rings is 2. The fourth-order valence-electron chi connectivity index (χ4n) is 7.45. The Morgan fingerprint density at radius 1 is 0.607 bits per heavy atom. The topological polar surface area (TPSA) is 38.9 Å². The van der Waals surface area contributed by atoms with Gasteiger partial charge in [0, 0.05) is 37.9 Å². The van der Waals surface area contributed by atoms with Crippen LogP contribution in [0.1, 0.15) is 108 Å². The van der Waals surface area contributed by atoms with Crippen molar-refractivity contribution >= 4 is 35.2 Å². The Balaban J connectivity index is 0.000000254. The Bertz CT molecular complexity index is 2380. The van der Waals surface area contributed by atoms with Crippen molar-refractivity contribution in [2.75, 3.05) is 0 Å². The Kier molecular flexibility index (Phi) is 13.8. The van der Waals surface area contributed by atoms with Crippen LogP contribution in [0.25, 0.3) is 55.6 Å². The summed E-state index contributed by atoms with van der Waals surface area (Å²) in [6.45, 7) is 27.5. The first-order chi connectivity index (χ1) is 26.1. The molecule has 0 aliphatic carbocycles. The summed E-state index contributed by atoms with van der Waals surface area (Å²) in [5.74, 6) is 2.49. The monoisotopic (exact) mass is 935 g/mol. The van der Waals surface area contributed by atoms with Crippen LogP contribution in [0.5, 0.6) is 0 Å². The average molecular weight is 935 g/mol. The normalized spacial score (nSPS) is 12.4. The number of nitrogens with zero attached hydrogens (tertiary/aromatic N) is 2. The van der Waals surface area contributed by atoms with Gasteiger partial charge in [-0.1, -0.05) is 141 Å². The van der Waals surface area contributed by atoms with E-state index in [4.69, 9.17) is 4.42 Å². The summed E-state index contributed by atoms with van der Waals surface area (Å²) >= 11 is 0. The van der Waals surface area contributed by atoms with Crippen molar-refractivity contribution < 1.29 is 24.5 Å².